The van der Waals surface area contributed by atoms with Crippen LogP contribution in [0.4, 0.5) is 13.2 Å². The number of hydrogen-bond acceptors (Lipinski definition) is 1. The number of halogens is 3. The smallest absolute Gasteiger partial charge is 0.297 e. The van der Waals surface area contributed by atoms with Gasteiger partial charge in [0.05, 0.1) is 0 Å². The fourth-order valence-electron chi connectivity index (χ4n) is 1.05. The summed E-state index contributed by atoms with van der Waals surface area (Å²) in [6, 6.07) is 6.90. The zero-order chi connectivity index (χ0) is 10.8. The number of carbonyl (C=O) groups excluding carboxylic acids is 1. The van der Waals surface area contributed by atoms with E-state index in [1.54, 1.807) is 6.07 Å². The average molecular weight is 202 g/mol. The maximum Gasteiger partial charge on any atom is 0.339 e. The van der Waals surface area contributed by atoms with E-state index in [2.05, 4.69) is 0 Å². The van der Waals surface area contributed by atoms with Gasteiger partial charge in [0.25, 0.3) is 0 Å². The molecule has 1 atom stereocenters. The van der Waals surface area contributed by atoms with Gasteiger partial charge in [0, 0.05) is 0 Å². The Morgan fingerprint density at radius 1 is 1.14 bits per heavy atom. The molecule has 0 spiro atoms. The predicted molar refractivity (Wildman–Crippen MR) is 45.9 cm³/mol. The third-order valence-electron chi connectivity index (χ3n) is 2.09. The van der Waals surface area contributed by atoms with Crippen molar-refractivity contribution in [2.24, 2.45) is 0 Å². The van der Waals surface area contributed by atoms with Gasteiger partial charge >= 0.3 is 5.92 Å². The lowest BCUT2D eigenvalue weighted by Crippen LogP contribution is -2.40. The standard InChI is InChI=1S/C10H9F3O/c1-9(11,10(12,13)7-14)8-5-3-2-4-6-8/h2-7H,1H3. The van der Waals surface area contributed by atoms with Gasteiger partial charge in [-0.1, -0.05) is 30.3 Å². The number of aldehydes is 1. The van der Waals surface area contributed by atoms with Crippen LogP contribution in [0.3, 0.4) is 0 Å². The first-order chi connectivity index (χ1) is 6.42. The van der Waals surface area contributed by atoms with Gasteiger partial charge in [-0.25, -0.2) is 4.39 Å². The van der Waals surface area contributed by atoms with Gasteiger partial charge in [0.1, 0.15) is 0 Å². The SMILES string of the molecule is CC(F)(c1ccccc1)C(F)(F)C=O. The van der Waals surface area contributed by atoms with E-state index in [-0.39, 0.29) is 5.56 Å². The van der Waals surface area contributed by atoms with Crippen molar-refractivity contribution in [3.8, 4) is 0 Å². The molecule has 0 aliphatic heterocycles. The van der Waals surface area contributed by atoms with Crippen LogP contribution in [-0.4, -0.2) is 12.2 Å². The topological polar surface area (TPSA) is 17.1 Å². The van der Waals surface area contributed by atoms with Crippen LogP contribution in [-0.2, 0) is 10.5 Å². The maximum atomic E-state index is 13.6. The number of benzene rings is 1. The molecule has 0 bridgehead atoms. The second-order valence-electron chi connectivity index (χ2n) is 3.11. The minimum absolute atomic E-state index is 0.211. The Bertz CT molecular complexity index is 319. The van der Waals surface area contributed by atoms with Crippen LogP contribution < -0.4 is 0 Å². The summed E-state index contributed by atoms with van der Waals surface area (Å²) in [7, 11) is 0. The quantitative estimate of drug-likeness (QED) is 0.689. The summed E-state index contributed by atoms with van der Waals surface area (Å²) < 4.78 is 39.4. The largest absolute Gasteiger partial charge is 0.339 e. The summed E-state index contributed by atoms with van der Waals surface area (Å²) in [5.74, 6) is -4.01. The monoisotopic (exact) mass is 202 g/mol. The van der Waals surface area contributed by atoms with Crippen molar-refractivity contribution in [3.63, 3.8) is 0 Å². The van der Waals surface area contributed by atoms with E-state index in [9.17, 15) is 18.0 Å². The van der Waals surface area contributed by atoms with Crippen LogP contribution in [0.1, 0.15) is 12.5 Å². The summed E-state index contributed by atoms with van der Waals surface area (Å²) in [5.41, 5.74) is -3.17. The van der Waals surface area contributed by atoms with Gasteiger partial charge < -0.3 is 0 Å². The Labute approximate surface area is 79.5 Å². The van der Waals surface area contributed by atoms with Crippen LogP contribution in [0.25, 0.3) is 0 Å². The van der Waals surface area contributed by atoms with Crippen LogP contribution in [0.15, 0.2) is 30.3 Å². The van der Waals surface area contributed by atoms with E-state index in [1.165, 1.54) is 24.3 Å². The molecule has 0 aliphatic rings. The Morgan fingerprint density at radius 2 is 1.64 bits per heavy atom. The predicted octanol–water partition coefficient (Wildman–Crippen LogP) is 2.71. The van der Waals surface area contributed by atoms with Crippen molar-refractivity contribution in [3.05, 3.63) is 35.9 Å². The minimum Gasteiger partial charge on any atom is -0.297 e. The molecule has 1 aromatic rings. The highest BCUT2D eigenvalue weighted by Gasteiger charge is 2.52. The number of rotatable bonds is 3. The first kappa shape index (κ1) is 10.8. The van der Waals surface area contributed by atoms with Crippen LogP contribution in [0.2, 0.25) is 0 Å². The second kappa shape index (κ2) is 3.44. The summed E-state index contributed by atoms with van der Waals surface area (Å²) in [5, 5.41) is 0. The van der Waals surface area contributed by atoms with Crippen molar-refractivity contribution in [2.45, 2.75) is 18.5 Å². The van der Waals surface area contributed by atoms with E-state index >= 15 is 0 Å². The fraction of sp³-hybridized carbons (Fsp3) is 0.300. The molecule has 14 heavy (non-hydrogen) atoms. The molecule has 1 nitrogen and oxygen atoms in total. The molecule has 1 aromatic carbocycles. The Hall–Kier alpha value is -1.32. The fourth-order valence-corrected chi connectivity index (χ4v) is 1.05. The second-order valence-corrected chi connectivity index (χ2v) is 3.11. The molecule has 0 aromatic heterocycles. The summed E-state index contributed by atoms with van der Waals surface area (Å²) >= 11 is 0. The normalized spacial score (nSPS) is 16.0. The van der Waals surface area contributed by atoms with Crippen LogP contribution >= 0.6 is 0 Å². The minimum atomic E-state index is -4.01. The molecular formula is C10H9F3O. The van der Waals surface area contributed by atoms with Gasteiger partial charge in [-0.3, -0.25) is 4.79 Å². The maximum absolute atomic E-state index is 13.6. The lowest BCUT2D eigenvalue weighted by molar-refractivity contribution is -0.156. The highest BCUT2D eigenvalue weighted by molar-refractivity contribution is 5.63. The average Bonchev–Trinajstić information content (AvgIpc) is 2.19. The van der Waals surface area contributed by atoms with Gasteiger partial charge in [0.15, 0.2) is 6.29 Å². The van der Waals surface area contributed by atoms with Gasteiger partial charge in [-0.2, -0.15) is 8.78 Å². The van der Waals surface area contributed by atoms with Crippen molar-refractivity contribution in [2.75, 3.05) is 0 Å². The number of hydrogen-bond donors (Lipinski definition) is 0. The highest BCUT2D eigenvalue weighted by Crippen LogP contribution is 2.39. The Balaban J connectivity index is 3.14. The molecule has 1 unspecified atom stereocenters. The van der Waals surface area contributed by atoms with E-state index in [1.807, 2.05) is 0 Å². The summed E-state index contributed by atoms with van der Waals surface area (Å²) in [6.45, 7) is 0.691. The van der Waals surface area contributed by atoms with E-state index < -0.39 is 17.9 Å². The van der Waals surface area contributed by atoms with Crippen molar-refractivity contribution in [1.82, 2.24) is 0 Å². The van der Waals surface area contributed by atoms with E-state index in [4.69, 9.17) is 0 Å². The Morgan fingerprint density at radius 3 is 2.07 bits per heavy atom. The third-order valence-corrected chi connectivity index (χ3v) is 2.09. The Kier molecular flexibility index (Phi) is 2.64. The van der Waals surface area contributed by atoms with Gasteiger partial charge in [-0.05, 0) is 12.5 Å². The molecule has 1 rings (SSSR count). The lowest BCUT2D eigenvalue weighted by atomic mass is 9.92. The van der Waals surface area contributed by atoms with Crippen molar-refractivity contribution in [1.29, 1.82) is 0 Å². The number of carbonyl (C=O) groups is 1. The molecule has 0 saturated carbocycles. The highest BCUT2D eigenvalue weighted by atomic mass is 19.3. The zero-order valence-corrected chi connectivity index (χ0v) is 7.51. The molecule has 0 amide bonds. The van der Waals surface area contributed by atoms with Crippen LogP contribution in [0, 0.1) is 0 Å². The molecule has 0 fully saturated rings. The first-order valence-corrected chi connectivity index (χ1v) is 4.00. The van der Waals surface area contributed by atoms with Gasteiger partial charge in [0.2, 0.25) is 5.67 Å². The van der Waals surface area contributed by atoms with Gasteiger partial charge in [-0.15, -0.1) is 0 Å². The molecule has 0 heterocycles. The summed E-state index contributed by atoms with van der Waals surface area (Å²) in [4.78, 5) is 10.1. The van der Waals surface area contributed by atoms with Crippen molar-refractivity contribution >= 4 is 6.29 Å². The first-order valence-electron chi connectivity index (χ1n) is 4.00. The number of alkyl halides is 3. The zero-order valence-electron chi connectivity index (χ0n) is 7.51. The molecular weight excluding hydrogens is 193 g/mol. The van der Waals surface area contributed by atoms with E-state index in [0.717, 1.165) is 0 Å². The summed E-state index contributed by atoms with van der Waals surface area (Å²) in [6.07, 6.45) is -0.667. The molecule has 0 radical (unpaired) electrons. The molecule has 0 aliphatic carbocycles. The van der Waals surface area contributed by atoms with Crippen molar-refractivity contribution < 1.29 is 18.0 Å². The molecule has 76 valence electrons. The van der Waals surface area contributed by atoms with Crippen LogP contribution in [0.5, 0.6) is 0 Å². The van der Waals surface area contributed by atoms with E-state index in [0.29, 0.717) is 6.92 Å². The molecule has 0 N–H and O–H groups in total. The third kappa shape index (κ3) is 1.64. The molecule has 0 saturated heterocycles. The lowest BCUT2D eigenvalue weighted by Gasteiger charge is -2.26. The molecule has 4 heteroatoms.